The van der Waals surface area contributed by atoms with Crippen LogP contribution in [0.3, 0.4) is 0 Å². The molecule has 0 aromatic heterocycles. The molecule has 4 nitrogen and oxygen atoms in total. The number of benzene rings is 1. The van der Waals surface area contributed by atoms with Crippen LogP contribution in [0.1, 0.15) is 37.9 Å². The summed E-state index contributed by atoms with van der Waals surface area (Å²) in [5, 5.41) is 3.10. The molecule has 1 aromatic rings. The first-order chi connectivity index (χ1) is 10.2. The summed E-state index contributed by atoms with van der Waals surface area (Å²) in [6, 6.07) is 1.74. The minimum atomic E-state index is -0.635. The van der Waals surface area contributed by atoms with Gasteiger partial charge in [0.05, 0.1) is 6.04 Å². The summed E-state index contributed by atoms with van der Waals surface area (Å²) in [7, 11) is 0. The lowest BCUT2D eigenvalue weighted by Gasteiger charge is -2.37. The molecule has 1 amide bonds. The zero-order chi connectivity index (χ0) is 16.5. The number of nitrogens with one attached hydrogen (secondary N) is 1. The summed E-state index contributed by atoms with van der Waals surface area (Å²) in [6.07, 6.45) is -0.514. The van der Waals surface area contributed by atoms with Crippen LogP contribution in [0.25, 0.3) is 0 Å². The lowest BCUT2D eigenvalue weighted by Crippen LogP contribution is -2.50. The van der Waals surface area contributed by atoms with E-state index in [4.69, 9.17) is 4.74 Å². The second-order valence-electron chi connectivity index (χ2n) is 6.52. The third kappa shape index (κ3) is 3.74. The fourth-order valence-corrected chi connectivity index (χ4v) is 2.44. The van der Waals surface area contributed by atoms with Gasteiger partial charge in [-0.1, -0.05) is 0 Å². The maximum atomic E-state index is 14.2. The van der Waals surface area contributed by atoms with Crippen LogP contribution in [0.2, 0.25) is 0 Å². The molecular weight excluding hydrogens is 290 g/mol. The highest BCUT2D eigenvalue weighted by molar-refractivity contribution is 5.69. The Kier molecular flexibility index (Phi) is 4.70. The second kappa shape index (κ2) is 6.20. The Bertz CT molecular complexity index is 570. The predicted octanol–water partition coefficient (Wildman–Crippen LogP) is 3.15. The summed E-state index contributed by atoms with van der Waals surface area (Å²) in [5.41, 5.74) is -0.223. The molecule has 0 aliphatic carbocycles. The number of rotatable bonds is 1. The molecule has 122 valence electrons. The van der Waals surface area contributed by atoms with E-state index in [2.05, 4.69) is 5.32 Å². The van der Waals surface area contributed by atoms with Crippen molar-refractivity contribution in [1.82, 2.24) is 10.2 Å². The zero-order valence-electron chi connectivity index (χ0n) is 13.4. The summed E-state index contributed by atoms with van der Waals surface area (Å²) in [6.45, 7) is 8.16. The van der Waals surface area contributed by atoms with Gasteiger partial charge in [-0.15, -0.1) is 0 Å². The highest BCUT2D eigenvalue weighted by Gasteiger charge is 2.33. The van der Waals surface area contributed by atoms with Crippen molar-refractivity contribution in [3.05, 3.63) is 34.9 Å². The predicted molar refractivity (Wildman–Crippen MR) is 79.6 cm³/mol. The number of nitrogens with zero attached hydrogens (tertiary/aromatic N) is 1. The van der Waals surface area contributed by atoms with Crippen molar-refractivity contribution in [1.29, 1.82) is 0 Å². The van der Waals surface area contributed by atoms with E-state index in [1.54, 1.807) is 20.8 Å². The van der Waals surface area contributed by atoms with Crippen LogP contribution in [-0.2, 0) is 4.74 Å². The molecule has 6 heteroatoms. The average Bonchev–Trinajstić information content (AvgIpc) is 2.41. The zero-order valence-corrected chi connectivity index (χ0v) is 13.4. The molecule has 22 heavy (non-hydrogen) atoms. The van der Waals surface area contributed by atoms with Gasteiger partial charge in [0.15, 0.2) is 0 Å². The third-order valence-electron chi connectivity index (χ3n) is 3.51. The van der Waals surface area contributed by atoms with Crippen molar-refractivity contribution in [2.45, 2.75) is 39.3 Å². The number of hydrogen-bond donors (Lipinski definition) is 1. The monoisotopic (exact) mass is 312 g/mol. The summed E-state index contributed by atoms with van der Waals surface area (Å²) < 4.78 is 33.4. The van der Waals surface area contributed by atoms with Crippen molar-refractivity contribution in [2.75, 3.05) is 19.6 Å². The van der Waals surface area contributed by atoms with E-state index >= 15 is 0 Å². The first kappa shape index (κ1) is 16.7. The minimum absolute atomic E-state index is 0.168. The largest absolute Gasteiger partial charge is 0.444 e. The highest BCUT2D eigenvalue weighted by Crippen LogP contribution is 2.28. The van der Waals surface area contributed by atoms with Gasteiger partial charge in [-0.05, 0) is 45.4 Å². The molecule has 1 aliphatic rings. The molecule has 0 bridgehead atoms. The molecular formula is C16H22F2N2O2. The Morgan fingerprint density at radius 3 is 2.64 bits per heavy atom. The van der Waals surface area contributed by atoms with Gasteiger partial charge in [0.25, 0.3) is 0 Å². The van der Waals surface area contributed by atoms with E-state index in [0.717, 1.165) is 6.07 Å². The van der Waals surface area contributed by atoms with Crippen LogP contribution in [-0.4, -0.2) is 36.2 Å². The Hall–Kier alpha value is -1.69. The molecule has 1 atom stereocenters. The van der Waals surface area contributed by atoms with Crippen LogP contribution in [0.15, 0.2) is 12.1 Å². The SMILES string of the molecule is Cc1cc(F)c(C2CNCCN2C(=O)OC(C)(C)C)cc1F. The Balaban J connectivity index is 2.31. The Labute approximate surface area is 129 Å². The van der Waals surface area contributed by atoms with Gasteiger partial charge in [0.2, 0.25) is 0 Å². The molecule has 0 radical (unpaired) electrons. The van der Waals surface area contributed by atoms with Crippen molar-refractivity contribution in [3.8, 4) is 0 Å². The lowest BCUT2D eigenvalue weighted by atomic mass is 10.0. The first-order valence-electron chi connectivity index (χ1n) is 7.35. The fraction of sp³-hybridized carbons (Fsp3) is 0.562. The van der Waals surface area contributed by atoms with E-state index in [-0.39, 0.29) is 11.1 Å². The van der Waals surface area contributed by atoms with Crippen molar-refractivity contribution in [3.63, 3.8) is 0 Å². The van der Waals surface area contributed by atoms with Gasteiger partial charge in [-0.3, -0.25) is 4.90 Å². The summed E-state index contributed by atoms with van der Waals surface area (Å²) in [5.74, 6) is -0.993. The minimum Gasteiger partial charge on any atom is -0.444 e. The van der Waals surface area contributed by atoms with Crippen LogP contribution >= 0.6 is 0 Å². The summed E-state index contributed by atoms with van der Waals surface area (Å²) in [4.78, 5) is 13.8. The third-order valence-corrected chi connectivity index (χ3v) is 3.51. The number of halogens is 2. The molecule has 2 rings (SSSR count). The van der Waals surface area contributed by atoms with Gasteiger partial charge >= 0.3 is 6.09 Å². The highest BCUT2D eigenvalue weighted by atomic mass is 19.1. The Morgan fingerprint density at radius 1 is 1.32 bits per heavy atom. The van der Waals surface area contributed by atoms with E-state index in [1.165, 1.54) is 17.9 Å². The molecule has 1 fully saturated rings. The number of piperazine rings is 1. The van der Waals surface area contributed by atoms with Gasteiger partial charge < -0.3 is 10.1 Å². The maximum Gasteiger partial charge on any atom is 0.410 e. The molecule has 1 heterocycles. The molecule has 0 saturated carbocycles. The summed E-state index contributed by atoms with van der Waals surface area (Å²) >= 11 is 0. The van der Waals surface area contributed by atoms with E-state index in [0.29, 0.717) is 19.6 Å². The van der Waals surface area contributed by atoms with Gasteiger partial charge in [0.1, 0.15) is 17.2 Å². The van der Waals surface area contributed by atoms with Crippen LogP contribution in [0, 0.1) is 18.6 Å². The van der Waals surface area contributed by atoms with Crippen molar-refractivity contribution in [2.24, 2.45) is 0 Å². The number of aryl methyl sites for hydroxylation is 1. The van der Waals surface area contributed by atoms with Crippen molar-refractivity contribution < 1.29 is 18.3 Å². The first-order valence-corrected chi connectivity index (χ1v) is 7.35. The number of carbonyl (C=O) groups excluding carboxylic acids is 1. The topological polar surface area (TPSA) is 41.6 Å². The van der Waals surface area contributed by atoms with Crippen molar-refractivity contribution >= 4 is 6.09 Å². The number of carbonyl (C=O) groups is 1. The molecule has 1 saturated heterocycles. The van der Waals surface area contributed by atoms with E-state index < -0.39 is 29.4 Å². The molecule has 0 spiro atoms. The Morgan fingerprint density at radius 2 is 2.00 bits per heavy atom. The van der Waals surface area contributed by atoms with Crippen LogP contribution in [0.5, 0.6) is 0 Å². The quantitative estimate of drug-likeness (QED) is 0.866. The van der Waals surface area contributed by atoms with E-state index in [9.17, 15) is 13.6 Å². The van der Waals surface area contributed by atoms with E-state index in [1.807, 2.05) is 0 Å². The number of amides is 1. The van der Waals surface area contributed by atoms with Gasteiger partial charge in [-0.2, -0.15) is 0 Å². The molecule has 1 unspecified atom stereocenters. The molecule has 1 N–H and O–H groups in total. The number of hydrogen-bond acceptors (Lipinski definition) is 3. The normalized spacial score (nSPS) is 19.2. The molecule has 1 aliphatic heterocycles. The average molecular weight is 312 g/mol. The lowest BCUT2D eigenvalue weighted by molar-refractivity contribution is 0.0114. The number of ether oxygens (including phenoxy) is 1. The standard InChI is InChI=1S/C16H22F2N2O2/c1-10-7-13(18)11(8-12(10)17)14-9-19-5-6-20(14)15(21)22-16(2,3)4/h7-8,14,19H,5-6,9H2,1-4H3. The van der Waals surface area contributed by atoms with Crippen LogP contribution in [0.4, 0.5) is 13.6 Å². The smallest absolute Gasteiger partial charge is 0.410 e. The maximum absolute atomic E-state index is 14.2. The van der Waals surface area contributed by atoms with Crippen LogP contribution < -0.4 is 5.32 Å². The second-order valence-corrected chi connectivity index (χ2v) is 6.52. The molecule has 1 aromatic carbocycles. The fourth-order valence-electron chi connectivity index (χ4n) is 2.44. The van der Waals surface area contributed by atoms with Gasteiger partial charge in [-0.25, -0.2) is 13.6 Å². The van der Waals surface area contributed by atoms with Gasteiger partial charge in [0, 0.05) is 25.2 Å².